The predicted octanol–water partition coefficient (Wildman–Crippen LogP) is 2.87. The van der Waals surface area contributed by atoms with E-state index in [1.54, 1.807) is 30.6 Å². The summed E-state index contributed by atoms with van der Waals surface area (Å²) in [4.78, 5) is 11.9. The van der Waals surface area contributed by atoms with E-state index in [1.807, 2.05) is 17.5 Å². The van der Waals surface area contributed by atoms with Crippen LogP contribution in [-0.2, 0) is 6.54 Å². The highest BCUT2D eigenvalue weighted by Crippen LogP contribution is 2.22. The molecule has 6 heteroatoms. The first-order valence-corrected chi connectivity index (χ1v) is 7.50. The van der Waals surface area contributed by atoms with Crippen molar-refractivity contribution in [2.24, 2.45) is 0 Å². The van der Waals surface area contributed by atoms with Crippen LogP contribution >= 0.6 is 33.9 Å². The average molecular weight is 388 g/mol. The molecule has 0 aliphatic heterocycles. The third-order valence-corrected chi connectivity index (χ3v) is 4.37. The molecule has 0 atom stereocenters. The number of thiophene rings is 1. The molecule has 0 saturated carbocycles. The van der Waals surface area contributed by atoms with Gasteiger partial charge in [-0.2, -0.15) is 0 Å². The van der Waals surface area contributed by atoms with Crippen LogP contribution in [0.15, 0.2) is 29.6 Å². The third-order valence-electron chi connectivity index (χ3n) is 2.58. The zero-order valence-electron chi connectivity index (χ0n) is 10.3. The minimum absolute atomic E-state index is 0.0754. The van der Waals surface area contributed by atoms with Crippen molar-refractivity contribution in [3.63, 3.8) is 0 Å². The quantitative estimate of drug-likeness (QED) is 0.626. The topological polar surface area (TPSA) is 64.3 Å². The zero-order chi connectivity index (χ0) is 13.8. The average Bonchev–Trinajstić information content (AvgIpc) is 2.83. The van der Waals surface area contributed by atoms with E-state index in [0.717, 1.165) is 8.45 Å². The largest absolute Gasteiger partial charge is 0.495 e. The molecule has 100 valence electrons. The van der Waals surface area contributed by atoms with Crippen LogP contribution in [-0.4, -0.2) is 13.0 Å². The summed E-state index contributed by atoms with van der Waals surface area (Å²) in [7, 11) is 1.57. The number of anilines is 1. The van der Waals surface area contributed by atoms with Crippen LogP contribution in [0.25, 0.3) is 0 Å². The molecule has 0 bridgehead atoms. The summed E-state index contributed by atoms with van der Waals surface area (Å²) in [5, 5.41) is 4.71. The highest BCUT2D eigenvalue weighted by atomic mass is 127. The highest BCUT2D eigenvalue weighted by Gasteiger charge is 2.08. The third kappa shape index (κ3) is 3.60. The molecule has 1 aromatic carbocycles. The van der Waals surface area contributed by atoms with E-state index in [4.69, 9.17) is 10.5 Å². The predicted molar refractivity (Wildman–Crippen MR) is 85.6 cm³/mol. The second-order valence-corrected chi connectivity index (χ2v) is 6.70. The van der Waals surface area contributed by atoms with Gasteiger partial charge in [0.15, 0.2) is 0 Å². The second kappa shape index (κ2) is 6.25. The lowest BCUT2D eigenvalue weighted by molar-refractivity contribution is 0.0951. The zero-order valence-corrected chi connectivity index (χ0v) is 13.2. The van der Waals surface area contributed by atoms with Gasteiger partial charge < -0.3 is 15.8 Å². The van der Waals surface area contributed by atoms with Crippen LogP contribution in [0.1, 0.15) is 15.9 Å². The molecule has 0 fully saturated rings. The lowest BCUT2D eigenvalue weighted by Crippen LogP contribution is -2.22. The molecule has 3 N–H and O–H groups in total. The number of nitrogens with one attached hydrogen (secondary N) is 1. The highest BCUT2D eigenvalue weighted by molar-refractivity contribution is 14.1. The number of hydrogen-bond acceptors (Lipinski definition) is 4. The van der Waals surface area contributed by atoms with Gasteiger partial charge >= 0.3 is 0 Å². The number of methoxy groups -OCH3 is 1. The van der Waals surface area contributed by atoms with Crippen molar-refractivity contribution >= 4 is 45.5 Å². The van der Waals surface area contributed by atoms with E-state index < -0.39 is 0 Å². The van der Waals surface area contributed by atoms with Gasteiger partial charge in [-0.25, -0.2) is 0 Å². The number of nitrogens with two attached hydrogens (primary N) is 1. The Morgan fingerprint density at radius 1 is 1.47 bits per heavy atom. The van der Waals surface area contributed by atoms with Crippen molar-refractivity contribution in [2.75, 3.05) is 12.8 Å². The van der Waals surface area contributed by atoms with Crippen LogP contribution in [0.3, 0.4) is 0 Å². The van der Waals surface area contributed by atoms with Gasteiger partial charge in [0.1, 0.15) is 5.75 Å². The van der Waals surface area contributed by atoms with Crippen molar-refractivity contribution in [3.05, 3.63) is 43.7 Å². The van der Waals surface area contributed by atoms with E-state index >= 15 is 0 Å². The lowest BCUT2D eigenvalue weighted by Gasteiger charge is -2.08. The van der Waals surface area contributed by atoms with Crippen LogP contribution in [0.5, 0.6) is 5.75 Å². The molecule has 2 rings (SSSR count). The Balaban J connectivity index is 1.99. The molecule has 0 unspecified atom stereocenters. The van der Waals surface area contributed by atoms with Crippen LogP contribution < -0.4 is 15.8 Å². The normalized spacial score (nSPS) is 10.2. The number of ether oxygens (including phenoxy) is 1. The molecule has 0 aliphatic rings. The maximum atomic E-state index is 11.9. The summed E-state index contributed by atoms with van der Waals surface area (Å²) in [5.74, 6) is 0.566. The van der Waals surface area contributed by atoms with Crippen molar-refractivity contribution in [1.29, 1.82) is 0 Å². The maximum absolute atomic E-state index is 11.9. The van der Waals surface area contributed by atoms with Gasteiger partial charge in [-0.05, 0) is 46.4 Å². The fraction of sp³-hybridized carbons (Fsp3) is 0.154. The van der Waals surface area contributed by atoms with E-state index in [1.165, 1.54) is 0 Å². The molecule has 0 aliphatic carbocycles. The first-order valence-electron chi connectivity index (χ1n) is 5.55. The van der Waals surface area contributed by atoms with Crippen LogP contribution in [0.4, 0.5) is 5.69 Å². The minimum atomic E-state index is -0.0754. The van der Waals surface area contributed by atoms with Crippen LogP contribution in [0.2, 0.25) is 0 Å². The standard InChI is InChI=1S/C13H13IN2O2S/c1-18-11-3-2-8(4-10(11)15)6-16-13(17)9-5-12(14)19-7-9/h2-5,7H,6,15H2,1H3,(H,16,17). The molecule has 2 aromatic rings. The number of amides is 1. The van der Waals surface area contributed by atoms with Crippen molar-refractivity contribution in [1.82, 2.24) is 5.32 Å². The van der Waals surface area contributed by atoms with Gasteiger partial charge in [-0.1, -0.05) is 6.07 Å². The number of halogens is 1. The summed E-state index contributed by atoms with van der Waals surface area (Å²) in [6.45, 7) is 0.444. The molecular formula is C13H13IN2O2S. The van der Waals surface area contributed by atoms with E-state index in [2.05, 4.69) is 27.9 Å². The molecule has 0 radical (unpaired) electrons. The Hall–Kier alpha value is -1.28. The molecule has 19 heavy (non-hydrogen) atoms. The molecule has 1 heterocycles. The van der Waals surface area contributed by atoms with Crippen molar-refractivity contribution < 1.29 is 9.53 Å². The van der Waals surface area contributed by atoms with Crippen LogP contribution in [0, 0.1) is 2.88 Å². The Morgan fingerprint density at radius 2 is 2.26 bits per heavy atom. The van der Waals surface area contributed by atoms with Gasteiger partial charge in [0.2, 0.25) is 0 Å². The molecule has 0 saturated heterocycles. The number of nitrogen functional groups attached to an aromatic ring is 1. The summed E-state index contributed by atoms with van der Waals surface area (Å²) < 4.78 is 6.18. The second-order valence-electron chi connectivity index (χ2n) is 3.90. The number of carbonyl (C=O) groups excluding carboxylic acids is 1. The van der Waals surface area contributed by atoms with Crippen molar-refractivity contribution in [2.45, 2.75) is 6.54 Å². The Morgan fingerprint density at radius 3 is 2.84 bits per heavy atom. The van der Waals surface area contributed by atoms with Gasteiger partial charge in [0.25, 0.3) is 5.91 Å². The number of benzene rings is 1. The molecule has 1 amide bonds. The summed E-state index contributed by atoms with van der Waals surface area (Å²) in [6, 6.07) is 7.34. The smallest absolute Gasteiger partial charge is 0.252 e. The first kappa shape index (κ1) is 14.1. The van der Waals surface area contributed by atoms with E-state index in [0.29, 0.717) is 23.5 Å². The Labute approximate surface area is 129 Å². The van der Waals surface area contributed by atoms with Gasteiger partial charge in [-0.3, -0.25) is 4.79 Å². The number of hydrogen-bond donors (Lipinski definition) is 2. The number of rotatable bonds is 4. The Bertz CT molecular complexity index is 598. The Kier molecular flexibility index (Phi) is 4.65. The molecule has 0 spiro atoms. The first-order chi connectivity index (χ1) is 9.10. The lowest BCUT2D eigenvalue weighted by atomic mass is 10.2. The SMILES string of the molecule is COc1ccc(CNC(=O)c2csc(I)c2)cc1N. The fourth-order valence-electron chi connectivity index (χ4n) is 1.61. The maximum Gasteiger partial charge on any atom is 0.252 e. The van der Waals surface area contributed by atoms with Gasteiger partial charge in [0, 0.05) is 11.9 Å². The fourth-order valence-corrected chi connectivity index (χ4v) is 2.93. The molecular weight excluding hydrogens is 375 g/mol. The minimum Gasteiger partial charge on any atom is -0.495 e. The number of carbonyl (C=O) groups is 1. The van der Waals surface area contributed by atoms with Crippen molar-refractivity contribution in [3.8, 4) is 5.75 Å². The summed E-state index contributed by atoms with van der Waals surface area (Å²) in [6.07, 6.45) is 0. The summed E-state index contributed by atoms with van der Waals surface area (Å²) >= 11 is 3.75. The van der Waals surface area contributed by atoms with Gasteiger partial charge in [-0.15, -0.1) is 11.3 Å². The van der Waals surface area contributed by atoms with E-state index in [9.17, 15) is 4.79 Å². The van der Waals surface area contributed by atoms with Gasteiger partial charge in [0.05, 0.1) is 21.2 Å². The van der Waals surface area contributed by atoms with E-state index in [-0.39, 0.29) is 5.91 Å². The monoisotopic (exact) mass is 388 g/mol. The molecule has 1 aromatic heterocycles. The summed E-state index contributed by atoms with van der Waals surface area (Å²) in [5.41, 5.74) is 8.02. The molecule has 4 nitrogen and oxygen atoms in total.